The second-order valence-electron chi connectivity index (χ2n) is 5.86. The number of thiophene rings is 1. The first-order chi connectivity index (χ1) is 9.90. The van der Waals surface area contributed by atoms with Crippen LogP contribution in [0.3, 0.4) is 0 Å². The summed E-state index contributed by atoms with van der Waals surface area (Å²) in [5.74, 6) is 0.893. The van der Waals surface area contributed by atoms with Crippen LogP contribution in [0.1, 0.15) is 26.3 Å². The van der Waals surface area contributed by atoms with E-state index >= 15 is 0 Å². The van der Waals surface area contributed by atoms with E-state index in [1.807, 2.05) is 30.3 Å². The van der Waals surface area contributed by atoms with Crippen LogP contribution in [0.2, 0.25) is 4.34 Å². The summed E-state index contributed by atoms with van der Waals surface area (Å²) in [7, 11) is 0. The second kappa shape index (κ2) is 4.87. The minimum Gasteiger partial charge on any atom is -0.318 e. The second-order valence-corrected chi connectivity index (χ2v) is 7.58. The van der Waals surface area contributed by atoms with Crippen LogP contribution in [0.15, 0.2) is 30.3 Å². The van der Waals surface area contributed by atoms with Gasteiger partial charge in [-0.15, -0.1) is 11.3 Å². The number of hydrogen-bond acceptors (Lipinski definition) is 3. The van der Waals surface area contributed by atoms with Crippen LogP contribution in [-0.4, -0.2) is 9.55 Å². The summed E-state index contributed by atoms with van der Waals surface area (Å²) in [6.45, 7) is 6.43. The van der Waals surface area contributed by atoms with Gasteiger partial charge < -0.3 is 4.57 Å². The molecule has 3 aromatic rings. The summed E-state index contributed by atoms with van der Waals surface area (Å²) >= 11 is 7.58. The fourth-order valence-corrected chi connectivity index (χ4v) is 3.45. The zero-order chi connectivity index (χ0) is 15.2. The van der Waals surface area contributed by atoms with Gasteiger partial charge in [-0.2, -0.15) is 5.26 Å². The number of aromatic nitrogens is 2. The zero-order valence-corrected chi connectivity index (χ0v) is 13.6. The van der Waals surface area contributed by atoms with Gasteiger partial charge in [0.25, 0.3) is 0 Å². The van der Waals surface area contributed by atoms with Gasteiger partial charge in [0, 0.05) is 5.54 Å². The molecule has 0 fully saturated rings. The van der Waals surface area contributed by atoms with Crippen LogP contribution in [0.25, 0.3) is 21.7 Å². The highest BCUT2D eigenvalue weighted by Crippen LogP contribution is 2.36. The highest BCUT2D eigenvalue weighted by molar-refractivity contribution is 7.19. The first kappa shape index (κ1) is 14.1. The molecule has 0 N–H and O–H groups in total. The molecule has 21 heavy (non-hydrogen) atoms. The average molecular weight is 316 g/mol. The van der Waals surface area contributed by atoms with E-state index in [9.17, 15) is 0 Å². The molecule has 3 nitrogen and oxygen atoms in total. The van der Waals surface area contributed by atoms with Gasteiger partial charge in [-0.05, 0) is 51.1 Å². The summed E-state index contributed by atoms with van der Waals surface area (Å²) in [6.07, 6.45) is 0. The molecule has 0 unspecified atom stereocenters. The number of rotatable bonds is 1. The van der Waals surface area contributed by atoms with Gasteiger partial charge in [0.1, 0.15) is 0 Å². The van der Waals surface area contributed by atoms with E-state index in [1.165, 1.54) is 11.3 Å². The Kier molecular flexibility index (Phi) is 3.27. The number of imidazole rings is 1. The van der Waals surface area contributed by atoms with Gasteiger partial charge in [-0.3, -0.25) is 0 Å². The molecular formula is C16H14ClN3S. The van der Waals surface area contributed by atoms with Crippen molar-refractivity contribution in [2.75, 3.05) is 0 Å². The normalized spacial score (nSPS) is 11.8. The Hall–Kier alpha value is -1.83. The summed E-state index contributed by atoms with van der Waals surface area (Å²) in [4.78, 5) is 5.77. The number of benzene rings is 1. The largest absolute Gasteiger partial charge is 0.318 e. The molecule has 0 radical (unpaired) electrons. The van der Waals surface area contributed by atoms with E-state index < -0.39 is 0 Å². The third kappa shape index (κ3) is 2.44. The number of nitriles is 1. The molecule has 5 heteroatoms. The molecule has 3 rings (SSSR count). The number of hydrogen-bond donors (Lipinski definition) is 0. The summed E-state index contributed by atoms with van der Waals surface area (Å²) in [5, 5.41) is 9.05. The Balaban J connectivity index is 2.35. The van der Waals surface area contributed by atoms with Crippen LogP contribution in [0.5, 0.6) is 0 Å². The Morgan fingerprint density at radius 2 is 2.00 bits per heavy atom. The van der Waals surface area contributed by atoms with Crippen molar-refractivity contribution < 1.29 is 0 Å². The molecule has 0 aliphatic heterocycles. The van der Waals surface area contributed by atoms with Gasteiger partial charge in [0.2, 0.25) is 0 Å². The monoisotopic (exact) mass is 315 g/mol. The van der Waals surface area contributed by atoms with Gasteiger partial charge in [-0.25, -0.2) is 4.98 Å². The first-order valence-electron chi connectivity index (χ1n) is 6.59. The maximum Gasteiger partial charge on any atom is 0.151 e. The Labute approximate surface area is 132 Å². The minimum atomic E-state index is -0.116. The van der Waals surface area contributed by atoms with Crippen molar-refractivity contribution in [1.82, 2.24) is 9.55 Å². The summed E-state index contributed by atoms with van der Waals surface area (Å²) < 4.78 is 2.95. The lowest BCUT2D eigenvalue weighted by atomic mass is 10.1. The molecule has 2 heterocycles. The third-order valence-electron chi connectivity index (χ3n) is 3.25. The van der Waals surface area contributed by atoms with E-state index in [0.29, 0.717) is 5.56 Å². The lowest BCUT2D eigenvalue weighted by Crippen LogP contribution is -2.22. The lowest BCUT2D eigenvalue weighted by Gasteiger charge is -2.24. The van der Waals surface area contributed by atoms with E-state index in [0.717, 1.165) is 26.1 Å². The molecule has 0 aliphatic rings. The van der Waals surface area contributed by atoms with E-state index in [1.54, 1.807) is 0 Å². The van der Waals surface area contributed by atoms with Crippen molar-refractivity contribution in [2.45, 2.75) is 26.3 Å². The van der Waals surface area contributed by atoms with Gasteiger partial charge in [0.15, 0.2) is 5.82 Å². The smallest absolute Gasteiger partial charge is 0.151 e. The van der Waals surface area contributed by atoms with Crippen LogP contribution < -0.4 is 0 Å². The first-order valence-corrected chi connectivity index (χ1v) is 7.78. The van der Waals surface area contributed by atoms with Crippen LogP contribution in [0.4, 0.5) is 0 Å². The summed E-state index contributed by atoms with van der Waals surface area (Å²) in [5.41, 5.74) is 2.37. The van der Waals surface area contributed by atoms with Crippen molar-refractivity contribution in [3.63, 3.8) is 0 Å². The topological polar surface area (TPSA) is 41.6 Å². The van der Waals surface area contributed by atoms with Gasteiger partial charge in [0.05, 0.1) is 31.9 Å². The van der Waals surface area contributed by atoms with Crippen molar-refractivity contribution in [3.8, 4) is 16.8 Å². The standard InChI is InChI=1S/C16H14ClN3S/c1-16(2,3)20-12-5-4-10(9-18)8-11(12)19-15(20)13-6-7-14(17)21-13/h4-8H,1-3H3. The van der Waals surface area contributed by atoms with Crippen molar-refractivity contribution in [1.29, 1.82) is 5.26 Å². The quantitative estimate of drug-likeness (QED) is 0.631. The molecule has 0 aliphatic carbocycles. The molecule has 106 valence electrons. The van der Waals surface area contributed by atoms with Gasteiger partial charge in [-0.1, -0.05) is 11.6 Å². The number of nitrogens with zero attached hydrogens (tertiary/aromatic N) is 3. The fourth-order valence-electron chi connectivity index (χ4n) is 2.43. The van der Waals surface area contributed by atoms with E-state index in [2.05, 4.69) is 31.4 Å². The highest BCUT2D eigenvalue weighted by Gasteiger charge is 2.23. The molecule has 0 bridgehead atoms. The molecule has 0 atom stereocenters. The Morgan fingerprint density at radius 1 is 1.24 bits per heavy atom. The highest BCUT2D eigenvalue weighted by atomic mass is 35.5. The van der Waals surface area contributed by atoms with Crippen LogP contribution >= 0.6 is 22.9 Å². The predicted molar refractivity (Wildman–Crippen MR) is 87.8 cm³/mol. The van der Waals surface area contributed by atoms with Crippen LogP contribution in [-0.2, 0) is 5.54 Å². The third-order valence-corrected chi connectivity index (χ3v) is 4.48. The summed E-state index contributed by atoms with van der Waals surface area (Å²) in [6, 6.07) is 11.7. The zero-order valence-electron chi connectivity index (χ0n) is 12.0. The molecular weight excluding hydrogens is 302 g/mol. The molecule has 0 saturated heterocycles. The fraction of sp³-hybridized carbons (Fsp3) is 0.250. The van der Waals surface area contributed by atoms with Crippen molar-refractivity contribution in [2.24, 2.45) is 0 Å². The molecule has 0 saturated carbocycles. The number of fused-ring (bicyclic) bond motifs is 1. The van der Waals surface area contributed by atoms with Crippen LogP contribution in [0, 0.1) is 11.3 Å². The lowest BCUT2D eigenvalue weighted by molar-refractivity contribution is 0.413. The van der Waals surface area contributed by atoms with E-state index in [4.69, 9.17) is 21.8 Å². The molecule has 1 aromatic carbocycles. The maximum absolute atomic E-state index is 9.05. The predicted octanol–water partition coefficient (Wildman–Crippen LogP) is 5.04. The SMILES string of the molecule is CC(C)(C)n1c(-c2ccc(Cl)s2)nc2cc(C#N)ccc21. The number of halogens is 1. The molecule has 0 amide bonds. The molecule has 0 spiro atoms. The van der Waals surface area contributed by atoms with Gasteiger partial charge >= 0.3 is 0 Å². The Morgan fingerprint density at radius 3 is 2.57 bits per heavy atom. The van der Waals surface area contributed by atoms with Crippen molar-refractivity contribution in [3.05, 3.63) is 40.2 Å². The Bertz CT molecular complexity index is 862. The van der Waals surface area contributed by atoms with E-state index in [-0.39, 0.29) is 5.54 Å². The maximum atomic E-state index is 9.05. The molecule has 2 aromatic heterocycles. The van der Waals surface area contributed by atoms with Crippen molar-refractivity contribution >= 4 is 34.0 Å². The minimum absolute atomic E-state index is 0.116. The average Bonchev–Trinajstić information content (AvgIpc) is 3.00.